The highest BCUT2D eigenvalue weighted by atomic mass is 16.6. The Labute approximate surface area is 169 Å². The van der Waals surface area contributed by atoms with Gasteiger partial charge in [-0.1, -0.05) is 48.9 Å². The second-order valence-electron chi connectivity index (χ2n) is 7.16. The topological polar surface area (TPSA) is 83.3 Å². The molecule has 3 aromatic carbocycles. The zero-order chi connectivity index (χ0) is 20.1. The largest absolute Gasteiger partial charge is 0.506 e. The van der Waals surface area contributed by atoms with Gasteiger partial charge < -0.3 is 9.84 Å². The first-order valence-corrected chi connectivity index (χ1v) is 9.90. The van der Waals surface area contributed by atoms with Crippen molar-refractivity contribution in [3.05, 3.63) is 60.7 Å². The first-order chi connectivity index (χ1) is 14.2. The number of phenolic OH excluding ortho intramolecular Hbond substituents is 1. The molecular formula is C23H23N3O3. The van der Waals surface area contributed by atoms with Gasteiger partial charge in [-0.05, 0) is 49.3 Å². The summed E-state index contributed by atoms with van der Waals surface area (Å²) in [6.45, 7) is 0. The Hall–Kier alpha value is -3.41. The van der Waals surface area contributed by atoms with E-state index in [4.69, 9.17) is 4.74 Å². The summed E-state index contributed by atoms with van der Waals surface area (Å²) in [5.41, 5.74) is 1.39. The minimum absolute atomic E-state index is 0.0230. The van der Waals surface area contributed by atoms with Gasteiger partial charge in [-0.2, -0.15) is 0 Å². The molecule has 0 spiro atoms. The number of para-hydroxylation sites is 1. The number of aromatic hydroxyl groups is 1. The van der Waals surface area contributed by atoms with Crippen molar-refractivity contribution < 1.29 is 14.6 Å². The molecule has 2 N–H and O–H groups in total. The lowest BCUT2D eigenvalue weighted by atomic mass is 9.98. The Bertz CT molecular complexity index is 1040. The summed E-state index contributed by atoms with van der Waals surface area (Å²) in [4.78, 5) is 12.3. The lowest BCUT2D eigenvalue weighted by Gasteiger charge is -2.22. The van der Waals surface area contributed by atoms with E-state index in [2.05, 4.69) is 15.5 Å². The van der Waals surface area contributed by atoms with Crippen LogP contribution >= 0.6 is 0 Å². The molecule has 0 bridgehead atoms. The molecule has 0 unspecified atom stereocenters. The molecule has 1 amide bonds. The summed E-state index contributed by atoms with van der Waals surface area (Å²) in [6, 6.07) is 18.2. The molecule has 0 radical (unpaired) electrons. The molecular weight excluding hydrogens is 366 g/mol. The summed E-state index contributed by atoms with van der Waals surface area (Å²) in [5.74, 6) is 0.0506. The zero-order valence-corrected chi connectivity index (χ0v) is 16.0. The third-order valence-electron chi connectivity index (χ3n) is 5.10. The highest BCUT2D eigenvalue weighted by Crippen LogP contribution is 2.37. The normalized spacial score (nSPS) is 14.9. The van der Waals surface area contributed by atoms with Crippen molar-refractivity contribution in [3.63, 3.8) is 0 Å². The van der Waals surface area contributed by atoms with Gasteiger partial charge in [0.1, 0.15) is 23.2 Å². The van der Waals surface area contributed by atoms with E-state index in [0.29, 0.717) is 17.1 Å². The van der Waals surface area contributed by atoms with Crippen LogP contribution in [0.25, 0.3) is 10.8 Å². The molecule has 0 heterocycles. The van der Waals surface area contributed by atoms with Crippen molar-refractivity contribution in [2.45, 2.75) is 38.2 Å². The maximum atomic E-state index is 12.3. The number of nitrogens with one attached hydrogen (secondary N) is 1. The van der Waals surface area contributed by atoms with Gasteiger partial charge in [0.05, 0.1) is 5.69 Å². The Morgan fingerprint density at radius 3 is 2.55 bits per heavy atom. The third kappa shape index (κ3) is 4.54. The van der Waals surface area contributed by atoms with Crippen molar-refractivity contribution >= 4 is 33.9 Å². The van der Waals surface area contributed by atoms with Gasteiger partial charge in [-0.3, -0.25) is 5.32 Å². The maximum Gasteiger partial charge on any atom is 0.411 e. The van der Waals surface area contributed by atoms with Gasteiger partial charge in [-0.15, -0.1) is 10.2 Å². The number of carbonyl (C=O) groups excluding carboxylic acids is 1. The van der Waals surface area contributed by atoms with Crippen molar-refractivity contribution in [1.82, 2.24) is 0 Å². The fourth-order valence-corrected chi connectivity index (χ4v) is 3.59. The van der Waals surface area contributed by atoms with Crippen LogP contribution in [0.2, 0.25) is 0 Å². The number of benzene rings is 3. The van der Waals surface area contributed by atoms with Crippen LogP contribution in [-0.4, -0.2) is 17.3 Å². The fourth-order valence-electron chi connectivity index (χ4n) is 3.59. The van der Waals surface area contributed by atoms with Gasteiger partial charge in [0, 0.05) is 5.39 Å². The predicted molar refractivity (Wildman–Crippen MR) is 113 cm³/mol. The van der Waals surface area contributed by atoms with Crippen LogP contribution in [0, 0.1) is 0 Å². The molecule has 6 heteroatoms. The number of ether oxygens (including phenoxy) is 1. The van der Waals surface area contributed by atoms with E-state index >= 15 is 0 Å². The molecule has 0 aromatic heterocycles. The van der Waals surface area contributed by atoms with E-state index in [0.717, 1.165) is 36.5 Å². The smallest absolute Gasteiger partial charge is 0.411 e. The average Bonchev–Trinajstić information content (AvgIpc) is 2.75. The number of azo groups is 1. The molecule has 148 valence electrons. The lowest BCUT2D eigenvalue weighted by Crippen LogP contribution is -2.24. The standard InChI is InChI=1S/C23H23N3O3/c27-21-15-14-16-8-4-5-11-18(16)22(21)26-25-20-13-7-6-12-19(20)24-23(28)29-17-9-2-1-3-10-17/h4-8,11-15,17,27H,1-3,9-10H2,(H,24,28)/b26-25+. The number of phenols is 1. The summed E-state index contributed by atoms with van der Waals surface area (Å²) in [7, 11) is 0. The maximum absolute atomic E-state index is 12.3. The summed E-state index contributed by atoms with van der Waals surface area (Å²) in [6.07, 6.45) is 4.71. The number of rotatable bonds is 4. The van der Waals surface area contributed by atoms with Gasteiger partial charge in [-0.25, -0.2) is 4.79 Å². The summed E-state index contributed by atoms with van der Waals surface area (Å²) in [5, 5.41) is 23.3. The molecule has 0 saturated heterocycles. The van der Waals surface area contributed by atoms with E-state index < -0.39 is 6.09 Å². The van der Waals surface area contributed by atoms with E-state index in [1.54, 1.807) is 18.2 Å². The minimum Gasteiger partial charge on any atom is -0.506 e. The number of hydrogen-bond donors (Lipinski definition) is 2. The van der Waals surface area contributed by atoms with Crippen molar-refractivity contribution in [3.8, 4) is 5.75 Å². The van der Waals surface area contributed by atoms with Crippen LogP contribution in [0.15, 0.2) is 70.9 Å². The van der Waals surface area contributed by atoms with Crippen LogP contribution in [0.5, 0.6) is 5.75 Å². The van der Waals surface area contributed by atoms with Crippen LogP contribution < -0.4 is 5.32 Å². The Balaban J connectivity index is 1.54. The van der Waals surface area contributed by atoms with Crippen LogP contribution in [0.4, 0.5) is 21.9 Å². The quantitative estimate of drug-likeness (QED) is 0.479. The van der Waals surface area contributed by atoms with Crippen molar-refractivity contribution in [2.75, 3.05) is 5.32 Å². The monoisotopic (exact) mass is 389 g/mol. The first kappa shape index (κ1) is 18.9. The number of hydrogen-bond acceptors (Lipinski definition) is 5. The summed E-state index contributed by atoms with van der Waals surface area (Å²) >= 11 is 0. The fraction of sp³-hybridized carbons (Fsp3) is 0.261. The van der Waals surface area contributed by atoms with Crippen molar-refractivity contribution in [2.24, 2.45) is 10.2 Å². The highest BCUT2D eigenvalue weighted by Gasteiger charge is 2.18. The molecule has 1 aliphatic carbocycles. The zero-order valence-electron chi connectivity index (χ0n) is 16.0. The molecule has 6 nitrogen and oxygen atoms in total. The number of anilines is 1. The van der Waals surface area contributed by atoms with Gasteiger partial charge in [0.2, 0.25) is 0 Å². The third-order valence-corrected chi connectivity index (χ3v) is 5.10. The van der Waals surface area contributed by atoms with Gasteiger partial charge >= 0.3 is 6.09 Å². The average molecular weight is 389 g/mol. The van der Waals surface area contributed by atoms with E-state index in [-0.39, 0.29) is 11.9 Å². The molecule has 3 aromatic rings. The molecule has 1 aliphatic rings. The van der Waals surface area contributed by atoms with Crippen molar-refractivity contribution in [1.29, 1.82) is 0 Å². The van der Waals surface area contributed by atoms with Gasteiger partial charge in [0.15, 0.2) is 0 Å². The summed E-state index contributed by atoms with van der Waals surface area (Å²) < 4.78 is 5.53. The Morgan fingerprint density at radius 2 is 1.69 bits per heavy atom. The van der Waals surface area contributed by atoms with Crippen LogP contribution in [0.1, 0.15) is 32.1 Å². The minimum atomic E-state index is -0.479. The molecule has 1 saturated carbocycles. The first-order valence-electron chi connectivity index (χ1n) is 9.90. The van der Waals surface area contributed by atoms with Crippen LogP contribution in [0.3, 0.4) is 0 Å². The Morgan fingerprint density at radius 1 is 0.931 bits per heavy atom. The highest BCUT2D eigenvalue weighted by molar-refractivity contribution is 5.95. The number of fused-ring (bicyclic) bond motifs is 1. The molecule has 0 atom stereocenters. The Kier molecular flexibility index (Phi) is 5.70. The molecule has 0 aliphatic heterocycles. The lowest BCUT2D eigenvalue weighted by molar-refractivity contribution is 0.0865. The molecule has 4 rings (SSSR count). The molecule has 29 heavy (non-hydrogen) atoms. The number of nitrogens with zero attached hydrogens (tertiary/aromatic N) is 2. The SMILES string of the molecule is O=C(Nc1ccccc1/N=N/c1c(O)ccc2ccccc12)OC1CCCCC1. The molecule has 1 fully saturated rings. The van der Waals surface area contributed by atoms with E-state index in [1.807, 2.05) is 42.5 Å². The second kappa shape index (κ2) is 8.73. The van der Waals surface area contributed by atoms with E-state index in [1.165, 1.54) is 6.42 Å². The van der Waals surface area contributed by atoms with Crippen LogP contribution in [-0.2, 0) is 4.74 Å². The van der Waals surface area contributed by atoms with Gasteiger partial charge in [0.25, 0.3) is 0 Å². The second-order valence-corrected chi connectivity index (χ2v) is 7.16. The van der Waals surface area contributed by atoms with E-state index in [9.17, 15) is 9.90 Å². The number of carbonyl (C=O) groups is 1. The number of amides is 1. The predicted octanol–water partition coefficient (Wildman–Crippen LogP) is 6.84.